The van der Waals surface area contributed by atoms with Gasteiger partial charge in [-0.05, 0) is 0 Å². The van der Waals surface area contributed by atoms with Crippen LogP contribution < -0.4 is 5.32 Å². The van der Waals surface area contributed by atoms with Gasteiger partial charge in [0.2, 0.25) is 11.8 Å². The van der Waals surface area contributed by atoms with Gasteiger partial charge in [-0.15, -0.1) is 0 Å². The number of carbonyl (C=O) groups is 2. The van der Waals surface area contributed by atoms with Crippen LogP contribution in [0.1, 0.15) is 6.42 Å². The van der Waals surface area contributed by atoms with Crippen molar-refractivity contribution in [2.45, 2.75) is 18.6 Å². The van der Waals surface area contributed by atoms with Gasteiger partial charge in [-0.3, -0.25) is 19.8 Å². The topological polar surface area (TPSA) is 49.4 Å². The molecule has 0 bridgehead atoms. The lowest BCUT2D eigenvalue weighted by atomic mass is 10.2. The second kappa shape index (κ2) is 3.56. The zero-order valence-electron chi connectivity index (χ0n) is 7.39. The summed E-state index contributed by atoms with van der Waals surface area (Å²) in [5.41, 5.74) is 0. The monoisotopic (exact) mass is 210 g/mol. The van der Waals surface area contributed by atoms with E-state index in [0.717, 1.165) is 4.90 Å². The summed E-state index contributed by atoms with van der Waals surface area (Å²) in [5.74, 6) is -1.08. The Kier molecular flexibility index (Phi) is 2.79. The molecule has 1 saturated heterocycles. The number of hydrogen-bond donors (Lipinski definition) is 1. The number of halogens is 3. The van der Waals surface area contributed by atoms with E-state index in [1.807, 2.05) is 5.32 Å². The molecule has 1 atom stereocenters. The third-order valence-electron chi connectivity index (χ3n) is 1.93. The lowest BCUT2D eigenvalue weighted by molar-refractivity contribution is -0.138. The molecular formula is C7H9F3N2O2. The van der Waals surface area contributed by atoms with Gasteiger partial charge < -0.3 is 0 Å². The van der Waals surface area contributed by atoms with E-state index in [1.54, 1.807) is 0 Å². The number of carbonyl (C=O) groups excluding carboxylic acids is 2. The molecule has 1 N–H and O–H groups in total. The average Bonchev–Trinajstić information content (AvgIpc) is 2.28. The van der Waals surface area contributed by atoms with Crippen molar-refractivity contribution in [3.8, 4) is 0 Å². The Morgan fingerprint density at radius 2 is 2.07 bits per heavy atom. The molecular weight excluding hydrogens is 201 g/mol. The molecule has 0 saturated carbocycles. The Morgan fingerprint density at radius 3 is 2.43 bits per heavy atom. The average molecular weight is 210 g/mol. The first-order chi connectivity index (χ1) is 6.31. The minimum Gasteiger partial charge on any atom is -0.297 e. The molecule has 0 radical (unpaired) electrons. The van der Waals surface area contributed by atoms with E-state index in [1.165, 1.54) is 7.05 Å². The Bertz CT molecular complexity index is 264. The Labute approximate surface area is 78.1 Å². The molecule has 0 aliphatic carbocycles. The van der Waals surface area contributed by atoms with Crippen molar-refractivity contribution >= 4 is 11.8 Å². The van der Waals surface area contributed by atoms with Crippen molar-refractivity contribution < 1.29 is 22.8 Å². The highest BCUT2D eigenvalue weighted by Crippen LogP contribution is 2.15. The second-order valence-corrected chi connectivity index (χ2v) is 3.04. The SMILES string of the molecule is CN1C(=O)CC(NCC(F)(F)F)C1=O. The van der Waals surface area contributed by atoms with Gasteiger partial charge in [0.25, 0.3) is 0 Å². The zero-order valence-corrected chi connectivity index (χ0v) is 7.39. The molecule has 7 heteroatoms. The summed E-state index contributed by atoms with van der Waals surface area (Å²) in [7, 11) is 1.25. The summed E-state index contributed by atoms with van der Waals surface area (Å²) in [4.78, 5) is 22.8. The van der Waals surface area contributed by atoms with Gasteiger partial charge in [0.15, 0.2) is 0 Å². The molecule has 0 aromatic rings. The standard InChI is InChI=1S/C7H9F3N2O2/c1-12-5(13)2-4(6(12)14)11-3-7(8,9)10/h4,11H,2-3H2,1H3. The maximum absolute atomic E-state index is 11.8. The second-order valence-electron chi connectivity index (χ2n) is 3.04. The quantitative estimate of drug-likeness (QED) is 0.647. The molecule has 4 nitrogen and oxygen atoms in total. The fourth-order valence-corrected chi connectivity index (χ4v) is 1.15. The lowest BCUT2D eigenvalue weighted by Crippen LogP contribution is -2.41. The predicted molar refractivity (Wildman–Crippen MR) is 40.2 cm³/mol. The summed E-state index contributed by atoms with van der Waals surface area (Å²) in [6.45, 7) is -1.26. The number of imide groups is 1. The molecule has 2 amide bonds. The van der Waals surface area contributed by atoms with E-state index in [9.17, 15) is 22.8 Å². The number of nitrogens with one attached hydrogen (secondary N) is 1. The molecule has 80 valence electrons. The van der Waals surface area contributed by atoms with Gasteiger partial charge >= 0.3 is 6.18 Å². The van der Waals surface area contributed by atoms with Crippen LogP contribution in [-0.2, 0) is 9.59 Å². The smallest absolute Gasteiger partial charge is 0.297 e. The number of rotatable bonds is 2. The predicted octanol–water partition coefficient (Wildman–Crippen LogP) is -0.104. The van der Waals surface area contributed by atoms with Crippen molar-refractivity contribution in [3.63, 3.8) is 0 Å². The van der Waals surface area contributed by atoms with E-state index in [4.69, 9.17) is 0 Å². The van der Waals surface area contributed by atoms with Gasteiger partial charge in [0.05, 0.1) is 19.0 Å². The first-order valence-electron chi connectivity index (χ1n) is 3.92. The van der Waals surface area contributed by atoms with Crippen LogP contribution in [0.4, 0.5) is 13.2 Å². The van der Waals surface area contributed by atoms with Crippen molar-refractivity contribution in [2.24, 2.45) is 0 Å². The van der Waals surface area contributed by atoms with E-state index < -0.39 is 30.6 Å². The molecule has 1 fully saturated rings. The van der Waals surface area contributed by atoms with Crippen molar-refractivity contribution in [1.82, 2.24) is 10.2 Å². The van der Waals surface area contributed by atoms with E-state index >= 15 is 0 Å². The summed E-state index contributed by atoms with van der Waals surface area (Å²) >= 11 is 0. The van der Waals surface area contributed by atoms with E-state index in [-0.39, 0.29) is 6.42 Å². The Hall–Kier alpha value is -1.11. The van der Waals surface area contributed by atoms with Crippen LogP contribution in [0.15, 0.2) is 0 Å². The summed E-state index contributed by atoms with van der Waals surface area (Å²) in [6.07, 6.45) is -4.57. The van der Waals surface area contributed by atoms with Crippen LogP contribution in [0.2, 0.25) is 0 Å². The molecule has 0 aromatic carbocycles. The third kappa shape index (κ3) is 2.44. The number of likely N-dealkylation sites (N-methyl/N-ethyl adjacent to an activating group) is 1. The Morgan fingerprint density at radius 1 is 1.50 bits per heavy atom. The van der Waals surface area contributed by atoms with Crippen molar-refractivity contribution in [3.05, 3.63) is 0 Å². The minimum atomic E-state index is -4.37. The molecule has 1 aliphatic rings. The van der Waals surface area contributed by atoms with Crippen LogP contribution in [-0.4, -0.2) is 42.5 Å². The van der Waals surface area contributed by atoms with Gasteiger partial charge in [-0.2, -0.15) is 13.2 Å². The van der Waals surface area contributed by atoms with Gasteiger partial charge in [0, 0.05) is 7.05 Å². The summed E-state index contributed by atoms with van der Waals surface area (Å²) in [6, 6.07) is -1.03. The largest absolute Gasteiger partial charge is 0.401 e. The molecule has 1 rings (SSSR count). The molecule has 1 heterocycles. The van der Waals surface area contributed by atoms with Gasteiger partial charge in [-0.25, -0.2) is 0 Å². The number of hydrogen-bond acceptors (Lipinski definition) is 3. The van der Waals surface area contributed by atoms with Gasteiger partial charge in [0.1, 0.15) is 0 Å². The summed E-state index contributed by atoms with van der Waals surface area (Å²) < 4.78 is 35.3. The fourth-order valence-electron chi connectivity index (χ4n) is 1.15. The number of nitrogens with zero attached hydrogens (tertiary/aromatic N) is 1. The highest BCUT2D eigenvalue weighted by Gasteiger charge is 2.38. The first-order valence-corrected chi connectivity index (χ1v) is 3.92. The number of amides is 2. The molecule has 0 spiro atoms. The van der Waals surface area contributed by atoms with Crippen LogP contribution >= 0.6 is 0 Å². The van der Waals surface area contributed by atoms with Crippen molar-refractivity contribution in [2.75, 3.05) is 13.6 Å². The van der Waals surface area contributed by atoms with Gasteiger partial charge in [-0.1, -0.05) is 0 Å². The zero-order chi connectivity index (χ0) is 10.9. The lowest BCUT2D eigenvalue weighted by Gasteiger charge is -2.12. The minimum absolute atomic E-state index is 0.203. The molecule has 1 aliphatic heterocycles. The first kappa shape index (κ1) is 11.0. The normalized spacial score (nSPS) is 23.4. The highest BCUT2D eigenvalue weighted by molar-refractivity contribution is 6.05. The summed E-state index contributed by atoms with van der Waals surface area (Å²) in [5, 5.41) is 2.00. The van der Waals surface area contributed by atoms with Crippen LogP contribution in [0.25, 0.3) is 0 Å². The number of alkyl halides is 3. The van der Waals surface area contributed by atoms with Crippen LogP contribution in [0.5, 0.6) is 0 Å². The maximum Gasteiger partial charge on any atom is 0.401 e. The maximum atomic E-state index is 11.8. The third-order valence-corrected chi connectivity index (χ3v) is 1.93. The Balaban J connectivity index is 2.48. The number of likely N-dealkylation sites (tertiary alicyclic amines) is 1. The van der Waals surface area contributed by atoms with E-state index in [2.05, 4.69) is 0 Å². The van der Waals surface area contributed by atoms with Crippen LogP contribution in [0, 0.1) is 0 Å². The molecule has 14 heavy (non-hydrogen) atoms. The van der Waals surface area contributed by atoms with E-state index in [0.29, 0.717) is 0 Å². The van der Waals surface area contributed by atoms with Crippen LogP contribution in [0.3, 0.4) is 0 Å². The highest BCUT2D eigenvalue weighted by atomic mass is 19.4. The fraction of sp³-hybridized carbons (Fsp3) is 0.714. The van der Waals surface area contributed by atoms with Crippen molar-refractivity contribution in [1.29, 1.82) is 0 Å². The molecule has 1 unspecified atom stereocenters. The molecule has 0 aromatic heterocycles.